The highest BCUT2D eigenvalue weighted by molar-refractivity contribution is 5.67. The number of hydrogen-bond donors (Lipinski definition) is 1. The third-order valence-electron chi connectivity index (χ3n) is 5.20. The van der Waals surface area contributed by atoms with Gasteiger partial charge >= 0.3 is 5.97 Å². The Morgan fingerprint density at radius 2 is 2.00 bits per heavy atom. The maximum absolute atomic E-state index is 10.7. The molecule has 3 saturated carbocycles. The lowest BCUT2D eigenvalue weighted by molar-refractivity contribution is -0.142. The first-order valence-electron chi connectivity index (χ1n) is 5.90. The molecule has 0 heterocycles. The van der Waals surface area contributed by atoms with Gasteiger partial charge in [-0.25, -0.2) is 0 Å². The summed E-state index contributed by atoms with van der Waals surface area (Å²) in [6, 6.07) is 0. The molecule has 1 N–H and O–H groups in total. The number of carboxylic acids is 1. The van der Waals surface area contributed by atoms with E-state index in [1.165, 1.54) is 19.3 Å². The van der Waals surface area contributed by atoms with E-state index < -0.39 is 5.97 Å². The molecule has 14 heavy (non-hydrogen) atoms. The molecule has 0 saturated heterocycles. The summed E-state index contributed by atoms with van der Waals surface area (Å²) in [6.07, 6.45) is 4.44. The average Bonchev–Trinajstić information content (AvgIpc) is 2.59. The van der Waals surface area contributed by atoms with Gasteiger partial charge in [-0.1, -0.05) is 6.92 Å². The fraction of sp³-hybridized carbons (Fsp3) is 0.917. The van der Waals surface area contributed by atoms with Crippen LogP contribution in [0.3, 0.4) is 0 Å². The van der Waals surface area contributed by atoms with Crippen molar-refractivity contribution >= 4 is 5.97 Å². The van der Waals surface area contributed by atoms with Gasteiger partial charge in [0.25, 0.3) is 0 Å². The molecule has 0 bridgehead atoms. The maximum atomic E-state index is 10.7. The Balaban J connectivity index is 1.77. The van der Waals surface area contributed by atoms with Crippen LogP contribution in [0.4, 0.5) is 0 Å². The van der Waals surface area contributed by atoms with E-state index in [1.54, 1.807) is 0 Å². The van der Waals surface area contributed by atoms with Gasteiger partial charge < -0.3 is 5.11 Å². The van der Waals surface area contributed by atoms with Crippen molar-refractivity contribution in [2.75, 3.05) is 0 Å². The molecule has 0 aliphatic heterocycles. The van der Waals surface area contributed by atoms with Crippen LogP contribution in [0.2, 0.25) is 0 Å². The Bertz CT molecular complexity index is 273. The second-order valence-electron chi connectivity index (χ2n) is 5.62. The molecule has 2 heteroatoms. The van der Waals surface area contributed by atoms with Crippen LogP contribution in [0.1, 0.15) is 32.6 Å². The lowest BCUT2D eigenvalue weighted by atomic mass is 9.58. The molecule has 3 fully saturated rings. The Morgan fingerprint density at radius 1 is 1.29 bits per heavy atom. The first-order valence-corrected chi connectivity index (χ1v) is 5.90. The van der Waals surface area contributed by atoms with E-state index in [2.05, 4.69) is 6.92 Å². The Morgan fingerprint density at radius 3 is 2.71 bits per heavy atom. The molecule has 0 aromatic heterocycles. The second kappa shape index (κ2) is 2.74. The topological polar surface area (TPSA) is 37.3 Å². The van der Waals surface area contributed by atoms with Crippen molar-refractivity contribution in [1.29, 1.82) is 0 Å². The van der Waals surface area contributed by atoms with Gasteiger partial charge in [0, 0.05) is 6.42 Å². The largest absolute Gasteiger partial charge is 0.481 e. The van der Waals surface area contributed by atoms with Crippen LogP contribution in [-0.4, -0.2) is 11.1 Å². The summed E-state index contributed by atoms with van der Waals surface area (Å²) >= 11 is 0. The fourth-order valence-electron chi connectivity index (χ4n) is 4.78. The summed E-state index contributed by atoms with van der Waals surface area (Å²) in [5, 5.41) is 8.86. The van der Waals surface area contributed by atoms with Crippen molar-refractivity contribution in [3.05, 3.63) is 0 Å². The van der Waals surface area contributed by atoms with E-state index in [-0.39, 0.29) is 0 Å². The second-order valence-corrected chi connectivity index (χ2v) is 5.62. The van der Waals surface area contributed by atoms with Crippen LogP contribution >= 0.6 is 0 Å². The summed E-state index contributed by atoms with van der Waals surface area (Å²) in [7, 11) is 0. The molecule has 78 valence electrons. The summed E-state index contributed by atoms with van der Waals surface area (Å²) in [4.78, 5) is 10.7. The van der Waals surface area contributed by atoms with Gasteiger partial charge in [0.1, 0.15) is 0 Å². The van der Waals surface area contributed by atoms with Crippen molar-refractivity contribution in [1.82, 2.24) is 0 Å². The smallest absolute Gasteiger partial charge is 0.303 e. The van der Waals surface area contributed by atoms with Crippen LogP contribution in [0.25, 0.3) is 0 Å². The first-order chi connectivity index (χ1) is 6.68. The van der Waals surface area contributed by atoms with Crippen molar-refractivity contribution in [3.8, 4) is 0 Å². The molecule has 0 amide bonds. The van der Waals surface area contributed by atoms with Crippen molar-refractivity contribution in [2.45, 2.75) is 32.6 Å². The zero-order valence-electron chi connectivity index (χ0n) is 8.65. The fourth-order valence-corrected chi connectivity index (χ4v) is 4.78. The molecule has 6 atom stereocenters. The van der Waals surface area contributed by atoms with Crippen LogP contribution < -0.4 is 0 Å². The minimum absolute atomic E-state index is 0.436. The van der Waals surface area contributed by atoms with Crippen molar-refractivity contribution in [3.63, 3.8) is 0 Å². The van der Waals surface area contributed by atoms with Gasteiger partial charge in [-0.3, -0.25) is 4.79 Å². The van der Waals surface area contributed by atoms with Crippen LogP contribution in [0, 0.1) is 35.5 Å². The van der Waals surface area contributed by atoms with Gasteiger partial charge in [0.15, 0.2) is 0 Å². The van der Waals surface area contributed by atoms with E-state index in [0.29, 0.717) is 12.3 Å². The predicted molar refractivity (Wildman–Crippen MR) is 52.7 cm³/mol. The summed E-state index contributed by atoms with van der Waals surface area (Å²) < 4.78 is 0. The molecule has 0 aromatic carbocycles. The van der Waals surface area contributed by atoms with Crippen molar-refractivity contribution < 1.29 is 9.90 Å². The van der Waals surface area contributed by atoms with Gasteiger partial charge in [-0.2, -0.15) is 0 Å². The normalized spacial score (nSPS) is 54.1. The zero-order chi connectivity index (χ0) is 9.87. The lowest BCUT2D eigenvalue weighted by Crippen LogP contribution is -2.43. The number of carbonyl (C=O) groups is 1. The predicted octanol–water partition coefficient (Wildman–Crippen LogP) is 2.39. The highest BCUT2D eigenvalue weighted by Gasteiger charge is 2.61. The van der Waals surface area contributed by atoms with E-state index in [0.717, 1.165) is 29.6 Å². The van der Waals surface area contributed by atoms with E-state index in [9.17, 15) is 4.79 Å². The number of rotatable bonds is 2. The van der Waals surface area contributed by atoms with Crippen molar-refractivity contribution in [2.24, 2.45) is 35.5 Å². The van der Waals surface area contributed by atoms with Crippen LogP contribution in [0.5, 0.6) is 0 Å². The van der Waals surface area contributed by atoms with E-state index in [4.69, 9.17) is 5.11 Å². The molecule has 0 aromatic rings. The third kappa shape index (κ3) is 0.945. The quantitative estimate of drug-likeness (QED) is 0.732. The Kier molecular flexibility index (Phi) is 1.71. The highest BCUT2D eigenvalue weighted by Crippen LogP contribution is 2.67. The minimum atomic E-state index is -0.587. The zero-order valence-corrected chi connectivity index (χ0v) is 8.65. The van der Waals surface area contributed by atoms with E-state index in [1.807, 2.05) is 0 Å². The average molecular weight is 194 g/mol. The summed E-state index contributed by atoms with van der Waals surface area (Å²) in [5.74, 6) is 4.26. The lowest BCUT2D eigenvalue weighted by Gasteiger charge is -2.46. The van der Waals surface area contributed by atoms with Crippen LogP contribution in [0.15, 0.2) is 0 Å². The maximum Gasteiger partial charge on any atom is 0.303 e. The van der Waals surface area contributed by atoms with Gasteiger partial charge in [-0.05, 0) is 54.8 Å². The standard InChI is InChI=1S/C12H18O2/c1-6-4-10-9(5-11(13)14)8-3-2-7(6)12(8)10/h6-10,12H,2-5H2,1H3,(H,13,14)/t6?,7?,8-,9?,10?,12?/m1/s1. The summed E-state index contributed by atoms with van der Waals surface area (Å²) in [6.45, 7) is 2.36. The minimum Gasteiger partial charge on any atom is -0.481 e. The molecule has 3 rings (SSSR count). The molecule has 5 unspecified atom stereocenters. The first kappa shape index (κ1) is 8.75. The van der Waals surface area contributed by atoms with Gasteiger partial charge in [-0.15, -0.1) is 0 Å². The summed E-state index contributed by atoms with van der Waals surface area (Å²) in [5.41, 5.74) is 0. The van der Waals surface area contributed by atoms with Crippen LogP contribution in [-0.2, 0) is 4.79 Å². The molecular formula is C12H18O2. The molecule has 2 nitrogen and oxygen atoms in total. The highest BCUT2D eigenvalue weighted by atomic mass is 16.4. The van der Waals surface area contributed by atoms with Gasteiger partial charge in [0.2, 0.25) is 0 Å². The molecule has 3 aliphatic rings. The number of aliphatic carboxylic acids is 1. The monoisotopic (exact) mass is 194 g/mol. The number of carboxylic acid groups (broad SMARTS) is 1. The van der Waals surface area contributed by atoms with Gasteiger partial charge in [0.05, 0.1) is 0 Å². The molecule has 0 radical (unpaired) electrons. The third-order valence-corrected chi connectivity index (χ3v) is 5.20. The van der Waals surface area contributed by atoms with E-state index >= 15 is 0 Å². The number of hydrogen-bond acceptors (Lipinski definition) is 1. The Labute approximate surface area is 84.7 Å². The Hall–Kier alpha value is -0.530. The SMILES string of the molecule is CC1CC2C(CC(=O)O)[C@H]3CCC1C23. The molecule has 0 spiro atoms. The molecular weight excluding hydrogens is 176 g/mol. The molecule has 3 aliphatic carbocycles.